The molecule has 126 valence electrons. The van der Waals surface area contributed by atoms with Crippen LogP contribution in [0, 0.1) is 0 Å². The summed E-state index contributed by atoms with van der Waals surface area (Å²) in [6.07, 6.45) is 1.72. The molecule has 0 spiro atoms. The van der Waals surface area contributed by atoms with E-state index in [1.807, 2.05) is 28.8 Å². The third kappa shape index (κ3) is 3.00. The van der Waals surface area contributed by atoms with Crippen LogP contribution in [-0.4, -0.2) is 43.5 Å². The summed E-state index contributed by atoms with van der Waals surface area (Å²) < 4.78 is 32.8. The van der Waals surface area contributed by atoms with Gasteiger partial charge in [-0.3, -0.25) is 0 Å². The molecule has 3 aromatic rings. The lowest BCUT2D eigenvalue weighted by molar-refractivity contribution is 0.414. The van der Waals surface area contributed by atoms with Gasteiger partial charge in [-0.15, -0.1) is 0 Å². The van der Waals surface area contributed by atoms with Crippen LogP contribution in [0.25, 0.3) is 11.0 Å². The molecular weight excluding hydrogens is 326 g/mol. The van der Waals surface area contributed by atoms with Gasteiger partial charge >= 0.3 is 0 Å². The predicted molar refractivity (Wildman–Crippen MR) is 92.7 cm³/mol. The molecule has 2 aromatic carbocycles. The van der Waals surface area contributed by atoms with E-state index in [1.54, 1.807) is 31.6 Å². The fourth-order valence-electron chi connectivity index (χ4n) is 2.47. The Kier molecular flexibility index (Phi) is 4.29. The van der Waals surface area contributed by atoms with Crippen molar-refractivity contribution in [2.45, 2.75) is 11.4 Å². The maximum atomic E-state index is 12.2. The fraction of sp³-hybridized carbons (Fsp3) is 0.235. The van der Waals surface area contributed by atoms with E-state index in [0.717, 1.165) is 16.8 Å². The van der Waals surface area contributed by atoms with Crippen molar-refractivity contribution < 1.29 is 13.2 Å². The highest BCUT2D eigenvalue weighted by atomic mass is 32.2. The first kappa shape index (κ1) is 16.5. The average Bonchev–Trinajstić information content (AvgIpc) is 2.97. The number of benzene rings is 2. The average molecular weight is 345 g/mol. The first-order valence-electron chi connectivity index (χ1n) is 7.42. The van der Waals surface area contributed by atoms with Crippen LogP contribution in [0.1, 0.15) is 5.56 Å². The Morgan fingerprint density at radius 2 is 1.83 bits per heavy atom. The maximum Gasteiger partial charge on any atom is 0.242 e. The molecule has 0 aliphatic carbocycles. The zero-order chi connectivity index (χ0) is 17.3. The van der Waals surface area contributed by atoms with Gasteiger partial charge in [-0.1, -0.05) is 12.1 Å². The minimum Gasteiger partial charge on any atom is -0.497 e. The number of ether oxygens (including phenoxy) is 1. The number of imidazole rings is 1. The minimum absolute atomic E-state index is 0.245. The fourth-order valence-corrected chi connectivity index (χ4v) is 3.39. The Labute approximate surface area is 141 Å². The number of aromatic nitrogens is 2. The molecule has 0 fully saturated rings. The van der Waals surface area contributed by atoms with Gasteiger partial charge in [0.2, 0.25) is 10.0 Å². The molecule has 0 aliphatic heterocycles. The molecule has 0 atom stereocenters. The second kappa shape index (κ2) is 6.26. The van der Waals surface area contributed by atoms with E-state index in [2.05, 4.69) is 4.98 Å². The van der Waals surface area contributed by atoms with E-state index >= 15 is 0 Å². The quantitative estimate of drug-likeness (QED) is 0.712. The smallest absolute Gasteiger partial charge is 0.242 e. The molecule has 0 aliphatic rings. The molecule has 6 nitrogen and oxygen atoms in total. The van der Waals surface area contributed by atoms with Crippen molar-refractivity contribution in [3.05, 3.63) is 54.4 Å². The number of methoxy groups -OCH3 is 1. The maximum absolute atomic E-state index is 12.2. The summed E-state index contributed by atoms with van der Waals surface area (Å²) in [5.74, 6) is 0.813. The van der Waals surface area contributed by atoms with Crippen molar-refractivity contribution in [3.8, 4) is 5.75 Å². The van der Waals surface area contributed by atoms with Crippen molar-refractivity contribution >= 4 is 21.1 Å². The highest BCUT2D eigenvalue weighted by Gasteiger charge is 2.18. The lowest BCUT2D eigenvalue weighted by Gasteiger charge is -2.11. The van der Waals surface area contributed by atoms with Gasteiger partial charge < -0.3 is 9.30 Å². The normalized spacial score (nSPS) is 12.0. The largest absolute Gasteiger partial charge is 0.497 e. The summed E-state index contributed by atoms with van der Waals surface area (Å²) in [5, 5.41) is 0. The number of nitrogens with zero attached hydrogens (tertiary/aromatic N) is 3. The van der Waals surface area contributed by atoms with Gasteiger partial charge in [0, 0.05) is 20.6 Å². The van der Waals surface area contributed by atoms with Crippen molar-refractivity contribution in [1.82, 2.24) is 13.9 Å². The third-order valence-electron chi connectivity index (χ3n) is 3.88. The number of hydrogen-bond acceptors (Lipinski definition) is 4. The number of fused-ring (bicyclic) bond motifs is 1. The van der Waals surface area contributed by atoms with E-state index in [-0.39, 0.29) is 4.90 Å². The summed E-state index contributed by atoms with van der Waals surface area (Å²) in [6.45, 7) is 0.653. The zero-order valence-electron chi connectivity index (χ0n) is 13.8. The summed E-state index contributed by atoms with van der Waals surface area (Å²) in [6, 6.07) is 12.8. The van der Waals surface area contributed by atoms with Gasteiger partial charge in [0.05, 0.1) is 29.4 Å². The molecule has 24 heavy (non-hydrogen) atoms. The highest BCUT2D eigenvalue weighted by Crippen LogP contribution is 2.21. The Morgan fingerprint density at radius 1 is 1.12 bits per heavy atom. The van der Waals surface area contributed by atoms with Crippen LogP contribution in [0.5, 0.6) is 5.75 Å². The lowest BCUT2D eigenvalue weighted by Crippen LogP contribution is -2.22. The van der Waals surface area contributed by atoms with E-state index < -0.39 is 10.0 Å². The van der Waals surface area contributed by atoms with Gasteiger partial charge in [0.15, 0.2) is 0 Å². The van der Waals surface area contributed by atoms with Crippen molar-refractivity contribution in [1.29, 1.82) is 0 Å². The third-order valence-corrected chi connectivity index (χ3v) is 5.69. The van der Waals surface area contributed by atoms with Crippen LogP contribution >= 0.6 is 0 Å². The predicted octanol–water partition coefficient (Wildman–Crippen LogP) is 2.34. The van der Waals surface area contributed by atoms with Gasteiger partial charge in [0.25, 0.3) is 0 Å². The first-order chi connectivity index (χ1) is 11.4. The molecule has 0 N–H and O–H groups in total. The lowest BCUT2D eigenvalue weighted by atomic mass is 10.2. The summed E-state index contributed by atoms with van der Waals surface area (Å²) in [4.78, 5) is 4.58. The Balaban J connectivity index is 1.93. The topological polar surface area (TPSA) is 64.4 Å². The summed E-state index contributed by atoms with van der Waals surface area (Å²) in [5.41, 5.74) is 2.66. The molecule has 0 saturated heterocycles. The Bertz CT molecular complexity index is 960. The molecule has 7 heteroatoms. The molecule has 0 saturated carbocycles. The second-order valence-corrected chi connectivity index (χ2v) is 7.81. The summed E-state index contributed by atoms with van der Waals surface area (Å²) in [7, 11) is 1.21. The molecule has 3 rings (SSSR count). The van der Waals surface area contributed by atoms with Gasteiger partial charge in [-0.05, 0) is 35.9 Å². The number of hydrogen-bond donors (Lipinski definition) is 0. The van der Waals surface area contributed by atoms with Crippen LogP contribution in [0.2, 0.25) is 0 Å². The number of sulfonamides is 1. The van der Waals surface area contributed by atoms with Gasteiger partial charge in [-0.25, -0.2) is 17.7 Å². The SMILES string of the molecule is COc1ccc(Cn2cnc3cc(S(=O)(=O)N(C)C)ccc32)cc1. The molecule has 0 amide bonds. The van der Waals surface area contributed by atoms with E-state index in [9.17, 15) is 8.42 Å². The van der Waals surface area contributed by atoms with Gasteiger partial charge in [-0.2, -0.15) is 0 Å². The van der Waals surface area contributed by atoms with Crippen LogP contribution in [0.15, 0.2) is 53.7 Å². The monoisotopic (exact) mass is 345 g/mol. The zero-order valence-corrected chi connectivity index (χ0v) is 14.6. The van der Waals surface area contributed by atoms with Crippen molar-refractivity contribution in [3.63, 3.8) is 0 Å². The second-order valence-electron chi connectivity index (χ2n) is 5.66. The Morgan fingerprint density at radius 3 is 2.46 bits per heavy atom. The molecular formula is C17H19N3O3S. The standard InChI is InChI=1S/C17H19N3O3S/c1-19(2)24(21,22)15-8-9-17-16(10-15)18-12-20(17)11-13-4-6-14(23-3)7-5-13/h4-10,12H,11H2,1-3H3. The van der Waals surface area contributed by atoms with Crippen molar-refractivity contribution in [2.24, 2.45) is 0 Å². The van der Waals surface area contributed by atoms with Crippen LogP contribution in [-0.2, 0) is 16.6 Å². The first-order valence-corrected chi connectivity index (χ1v) is 8.86. The molecule has 0 bridgehead atoms. The molecule has 0 radical (unpaired) electrons. The number of rotatable bonds is 5. The minimum atomic E-state index is -3.46. The molecule has 1 heterocycles. The van der Waals surface area contributed by atoms with E-state index in [4.69, 9.17) is 4.74 Å². The molecule has 0 unspecified atom stereocenters. The van der Waals surface area contributed by atoms with Crippen LogP contribution in [0.4, 0.5) is 0 Å². The highest BCUT2D eigenvalue weighted by molar-refractivity contribution is 7.89. The van der Waals surface area contributed by atoms with Crippen LogP contribution < -0.4 is 4.74 Å². The Hall–Kier alpha value is -2.38. The van der Waals surface area contributed by atoms with E-state index in [0.29, 0.717) is 12.1 Å². The van der Waals surface area contributed by atoms with E-state index in [1.165, 1.54) is 18.4 Å². The molecule has 1 aromatic heterocycles. The summed E-state index contributed by atoms with van der Waals surface area (Å²) >= 11 is 0. The van der Waals surface area contributed by atoms with Gasteiger partial charge in [0.1, 0.15) is 5.75 Å². The van der Waals surface area contributed by atoms with Crippen LogP contribution in [0.3, 0.4) is 0 Å². The van der Waals surface area contributed by atoms with Crippen molar-refractivity contribution in [2.75, 3.05) is 21.2 Å².